The van der Waals surface area contributed by atoms with Crippen LogP contribution in [-0.2, 0) is 6.54 Å². The lowest BCUT2D eigenvalue weighted by atomic mass is 9.98. The zero-order valence-electron chi connectivity index (χ0n) is 15.2. The van der Waals surface area contributed by atoms with Crippen LogP contribution in [0.1, 0.15) is 18.4 Å². The summed E-state index contributed by atoms with van der Waals surface area (Å²) in [6.45, 7) is 3.81. The fourth-order valence-electron chi connectivity index (χ4n) is 3.64. The van der Waals surface area contributed by atoms with Crippen molar-refractivity contribution in [2.45, 2.75) is 26.3 Å². The van der Waals surface area contributed by atoms with E-state index in [9.17, 15) is 9.18 Å². The van der Waals surface area contributed by atoms with Gasteiger partial charge in [-0.05, 0) is 49.9 Å². The lowest BCUT2D eigenvalue weighted by Crippen LogP contribution is -2.43. The third-order valence-corrected chi connectivity index (χ3v) is 5.14. The minimum Gasteiger partial charge on any atom is -0.324 e. The number of halogens is 1. The number of fused-ring (bicyclic) bond motifs is 1. The maximum absolute atomic E-state index is 13.7. The second kappa shape index (κ2) is 7.34. The van der Waals surface area contributed by atoms with Crippen molar-refractivity contribution in [3.63, 3.8) is 0 Å². The number of carbonyl (C=O) groups is 1. The fourth-order valence-corrected chi connectivity index (χ4v) is 3.64. The van der Waals surface area contributed by atoms with Crippen LogP contribution in [0.3, 0.4) is 0 Å². The molecule has 1 aliphatic heterocycles. The van der Waals surface area contributed by atoms with Crippen molar-refractivity contribution in [1.29, 1.82) is 0 Å². The summed E-state index contributed by atoms with van der Waals surface area (Å²) in [5, 5.41) is 2.85. The molecular formula is C20H22FN5O. The van der Waals surface area contributed by atoms with Crippen LogP contribution >= 0.6 is 0 Å². The molecule has 1 saturated heterocycles. The summed E-state index contributed by atoms with van der Waals surface area (Å²) < 4.78 is 15.7. The fraction of sp³-hybridized carbons (Fsp3) is 0.350. The summed E-state index contributed by atoms with van der Waals surface area (Å²) in [5.74, 6) is 0.0151. The Morgan fingerprint density at radius 2 is 2.19 bits per heavy atom. The maximum atomic E-state index is 13.7. The number of imidazole rings is 1. The highest BCUT2D eigenvalue weighted by atomic mass is 19.1. The highest BCUT2D eigenvalue weighted by Crippen LogP contribution is 2.22. The van der Waals surface area contributed by atoms with Crippen molar-refractivity contribution in [3.05, 3.63) is 54.2 Å². The molecule has 1 fully saturated rings. The SMILES string of the molecule is Cc1c(F)cccc1NC(=O)N1CCCC(Cn2cnc3cccnc32)C1. The minimum atomic E-state index is -0.316. The molecule has 1 aliphatic rings. The second-order valence-electron chi connectivity index (χ2n) is 7.04. The van der Waals surface area contributed by atoms with Gasteiger partial charge in [-0.2, -0.15) is 0 Å². The first-order valence-electron chi connectivity index (χ1n) is 9.18. The number of piperidine rings is 1. The largest absolute Gasteiger partial charge is 0.324 e. The molecule has 0 bridgehead atoms. The van der Waals surface area contributed by atoms with Crippen LogP contribution in [0.15, 0.2) is 42.9 Å². The summed E-state index contributed by atoms with van der Waals surface area (Å²) in [5.41, 5.74) is 2.72. The third-order valence-electron chi connectivity index (χ3n) is 5.14. The number of hydrogen-bond donors (Lipinski definition) is 1. The maximum Gasteiger partial charge on any atom is 0.321 e. The van der Waals surface area contributed by atoms with E-state index in [1.807, 2.05) is 23.4 Å². The average molecular weight is 367 g/mol. The molecule has 27 heavy (non-hydrogen) atoms. The van der Waals surface area contributed by atoms with E-state index in [2.05, 4.69) is 19.9 Å². The molecule has 0 saturated carbocycles. The summed E-state index contributed by atoms with van der Waals surface area (Å²) in [6.07, 6.45) is 5.57. The number of nitrogens with one attached hydrogen (secondary N) is 1. The number of likely N-dealkylation sites (tertiary alicyclic amines) is 1. The number of urea groups is 1. The summed E-state index contributed by atoms with van der Waals surface area (Å²) in [4.78, 5) is 23.3. The standard InChI is InChI=1S/C20H22FN5O/c1-14-16(21)6-2-7-17(14)24-20(27)25-10-4-5-15(11-25)12-26-13-23-18-8-3-9-22-19(18)26/h2-3,6-9,13,15H,4-5,10-12H2,1H3,(H,24,27). The van der Waals surface area contributed by atoms with Crippen molar-refractivity contribution in [2.75, 3.05) is 18.4 Å². The molecule has 1 aromatic carbocycles. The number of amides is 2. The number of rotatable bonds is 3. The van der Waals surface area contributed by atoms with Gasteiger partial charge >= 0.3 is 6.03 Å². The smallest absolute Gasteiger partial charge is 0.321 e. The van der Waals surface area contributed by atoms with Crippen molar-refractivity contribution >= 4 is 22.9 Å². The van der Waals surface area contributed by atoms with E-state index in [0.717, 1.165) is 30.6 Å². The lowest BCUT2D eigenvalue weighted by Gasteiger charge is -2.33. The monoisotopic (exact) mass is 367 g/mol. The molecule has 0 aliphatic carbocycles. The predicted octanol–water partition coefficient (Wildman–Crippen LogP) is 3.82. The highest BCUT2D eigenvalue weighted by molar-refractivity contribution is 5.90. The molecule has 6 nitrogen and oxygen atoms in total. The van der Waals surface area contributed by atoms with E-state index < -0.39 is 0 Å². The molecule has 4 rings (SSSR count). The molecule has 3 aromatic rings. The number of carbonyl (C=O) groups excluding carboxylic acids is 1. The van der Waals surface area contributed by atoms with E-state index in [4.69, 9.17) is 0 Å². The Hall–Kier alpha value is -2.96. The molecule has 140 valence electrons. The third kappa shape index (κ3) is 3.63. The second-order valence-corrected chi connectivity index (χ2v) is 7.04. The zero-order chi connectivity index (χ0) is 18.8. The Bertz CT molecular complexity index is 970. The number of hydrogen-bond acceptors (Lipinski definition) is 3. The lowest BCUT2D eigenvalue weighted by molar-refractivity contribution is 0.171. The number of nitrogens with zero attached hydrogens (tertiary/aromatic N) is 4. The molecule has 0 radical (unpaired) electrons. The zero-order valence-corrected chi connectivity index (χ0v) is 15.2. The molecule has 2 aromatic heterocycles. The quantitative estimate of drug-likeness (QED) is 0.765. The van der Waals surface area contributed by atoms with Gasteiger partial charge in [0.1, 0.15) is 11.3 Å². The first-order chi connectivity index (χ1) is 13.1. The number of pyridine rings is 1. The molecule has 2 amide bonds. The van der Waals surface area contributed by atoms with Gasteiger partial charge in [0.25, 0.3) is 0 Å². The predicted molar refractivity (Wildman–Crippen MR) is 102 cm³/mol. The van der Waals surface area contributed by atoms with Gasteiger partial charge in [0, 0.05) is 37.1 Å². The van der Waals surface area contributed by atoms with Gasteiger partial charge in [0.2, 0.25) is 0 Å². The molecule has 7 heteroatoms. The van der Waals surface area contributed by atoms with Gasteiger partial charge in [-0.3, -0.25) is 0 Å². The first kappa shape index (κ1) is 17.5. The minimum absolute atomic E-state index is 0.179. The van der Waals surface area contributed by atoms with Crippen molar-refractivity contribution in [1.82, 2.24) is 19.4 Å². The number of aromatic nitrogens is 3. The molecule has 0 spiro atoms. The van der Waals surface area contributed by atoms with Crippen LogP contribution in [0.4, 0.5) is 14.9 Å². The first-order valence-corrected chi connectivity index (χ1v) is 9.18. The summed E-state index contributed by atoms with van der Waals surface area (Å²) in [7, 11) is 0. The van der Waals surface area contributed by atoms with E-state index in [-0.39, 0.29) is 11.8 Å². The summed E-state index contributed by atoms with van der Waals surface area (Å²) >= 11 is 0. The van der Waals surface area contributed by atoms with Crippen molar-refractivity contribution in [3.8, 4) is 0 Å². The molecule has 1 unspecified atom stereocenters. The molecule has 1 atom stereocenters. The molecule has 1 N–H and O–H groups in total. The van der Waals surface area contributed by atoms with E-state index in [0.29, 0.717) is 30.3 Å². The van der Waals surface area contributed by atoms with Crippen molar-refractivity contribution in [2.24, 2.45) is 5.92 Å². The Morgan fingerprint density at radius 1 is 1.30 bits per heavy atom. The number of anilines is 1. The van der Waals surface area contributed by atoms with E-state index in [1.54, 1.807) is 25.3 Å². The summed E-state index contributed by atoms with van der Waals surface area (Å²) in [6, 6.07) is 8.37. The average Bonchev–Trinajstić information content (AvgIpc) is 3.09. The highest BCUT2D eigenvalue weighted by Gasteiger charge is 2.25. The van der Waals surface area contributed by atoms with Crippen LogP contribution in [-0.4, -0.2) is 38.6 Å². The van der Waals surface area contributed by atoms with Crippen LogP contribution in [0.5, 0.6) is 0 Å². The molecular weight excluding hydrogens is 345 g/mol. The van der Waals surface area contributed by atoms with E-state index >= 15 is 0 Å². The van der Waals surface area contributed by atoms with Gasteiger partial charge in [0.05, 0.1) is 6.33 Å². The Morgan fingerprint density at radius 3 is 3.07 bits per heavy atom. The Labute approximate surface area is 157 Å². The van der Waals surface area contributed by atoms with Crippen LogP contribution < -0.4 is 5.32 Å². The van der Waals surface area contributed by atoms with Crippen LogP contribution in [0.25, 0.3) is 11.2 Å². The normalized spacial score (nSPS) is 17.3. The van der Waals surface area contributed by atoms with Crippen molar-refractivity contribution < 1.29 is 9.18 Å². The van der Waals surface area contributed by atoms with Crippen LogP contribution in [0.2, 0.25) is 0 Å². The Kier molecular flexibility index (Phi) is 4.75. The topological polar surface area (TPSA) is 63.1 Å². The van der Waals surface area contributed by atoms with E-state index in [1.165, 1.54) is 6.07 Å². The van der Waals surface area contributed by atoms with Gasteiger partial charge in [-0.25, -0.2) is 19.2 Å². The van der Waals surface area contributed by atoms with Gasteiger partial charge in [-0.1, -0.05) is 6.07 Å². The van der Waals surface area contributed by atoms with Gasteiger partial charge in [0.15, 0.2) is 5.65 Å². The van der Waals surface area contributed by atoms with Gasteiger partial charge in [-0.15, -0.1) is 0 Å². The van der Waals surface area contributed by atoms with Gasteiger partial charge < -0.3 is 14.8 Å². The Balaban J connectivity index is 1.43. The van der Waals surface area contributed by atoms with Crippen LogP contribution in [0, 0.1) is 18.7 Å². The molecule has 3 heterocycles. The number of benzene rings is 1.